The van der Waals surface area contributed by atoms with Gasteiger partial charge >= 0.3 is 6.01 Å². The van der Waals surface area contributed by atoms with Crippen LogP contribution in [-0.4, -0.2) is 24.6 Å². The highest BCUT2D eigenvalue weighted by Gasteiger charge is 2.15. The lowest BCUT2D eigenvalue weighted by Crippen LogP contribution is -2.05. The quantitative estimate of drug-likeness (QED) is 0.616. The number of fused-ring (bicyclic) bond motifs is 1. The van der Waals surface area contributed by atoms with Gasteiger partial charge in [0.05, 0.1) is 11.3 Å². The zero-order valence-corrected chi connectivity index (χ0v) is 12.3. The third-order valence-electron chi connectivity index (χ3n) is 2.99. The van der Waals surface area contributed by atoms with Crippen molar-refractivity contribution in [1.29, 1.82) is 0 Å². The maximum absolute atomic E-state index is 6.05. The fourth-order valence-corrected chi connectivity index (χ4v) is 2.14. The van der Waals surface area contributed by atoms with Crippen LogP contribution in [0.3, 0.4) is 0 Å². The molecule has 8 nitrogen and oxygen atoms in total. The van der Waals surface area contributed by atoms with Crippen molar-refractivity contribution in [3.8, 4) is 23.3 Å². The number of rotatable bonds is 3. The molecule has 0 saturated carbocycles. The normalized spacial score (nSPS) is 11.0. The van der Waals surface area contributed by atoms with Gasteiger partial charge in [0.2, 0.25) is 11.8 Å². The third-order valence-corrected chi connectivity index (χ3v) is 3.30. The summed E-state index contributed by atoms with van der Waals surface area (Å²) in [4.78, 5) is 12.5. The van der Waals surface area contributed by atoms with Gasteiger partial charge in [0.1, 0.15) is 5.75 Å². The fourth-order valence-electron chi connectivity index (χ4n) is 1.97. The van der Waals surface area contributed by atoms with Gasteiger partial charge in [-0.2, -0.15) is 19.5 Å². The summed E-state index contributed by atoms with van der Waals surface area (Å²) in [7, 11) is 0. The Hall–Kier alpha value is -3.13. The smallest absolute Gasteiger partial charge is 0.328 e. The molecule has 4 aromatic rings. The lowest BCUT2D eigenvalue weighted by Gasteiger charge is -2.05. The van der Waals surface area contributed by atoms with Crippen LogP contribution < -0.4 is 10.5 Å². The lowest BCUT2D eigenvalue weighted by molar-refractivity contribution is 0.441. The van der Waals surface area contributed by atoms with Gasteiger partial charge in [0.25, 0.3) is 5.78 Å². The van der Waals surface area contributed by atoms with E-state index in [0.717, 1.165) is 0 Å². The number of nitrogens with zero attached hydrogens (tertiary/aromatic N) is 5. The number of nitrogen functional groups attached to an aromatic ring is 1. The molecule has 0 aliphatic rings. The number of halogens is 1. The van der Waals surface area contributed by atoms with Crippen molar-refractivity contribution in [3.63, 3.8) is 0 Å². The highest BCUT2D eigenvalue weighted by molar-refractivity contribution is 6.32. The molecule has 0 amide bonds. The number of para-hydroxylation sites is 1. The maximum atomic E-state index is 6.05. The van der Waals surface area contributed by atoms with E-state index in [9.17, 15) is 0 Å². The molecule has 9 heteroatoms. The van der Waals surface area contributed by atoms with E-state index in [-0.39, 0.29) is 17.7 Å². The number of benzene rings is 1. The number of furan rings is 1. The summed E-state index contributed by atoms with van der Waals surface area (Å²) in [5.41, 5.74) is 5.88. The number of ether oxygens (including phenoxy) is 1. The van der Waals surface area contributed by atoms with E-state index < -0.39 is 0 Å². The summed E-state index contributed by atoms with van der Waals surface area (Å²) in [6, 6.07) is 10.5. The van der Waals surface area contributed by atoms with Crippen LogP contribution in [0.4, 0.5) is 5.95 Å². The number of hydrogen-bond donors (Lipinski definition) is 1. The van der Waals surface area contributed by atoms with Crippen LogP contribution in [0.15, 0.2) is 47.1 Å². The van der Waals surface area contributed by atoms with E-state index in [1.165, 1.54) is 10.8 Å². The summed E-state index contributed by atoms with van der Waals surface area (Å²) in [5.74, 6) is 1.60. The van der Waals surface area contributed by atoms with Crippen LogP contribution in [0.2, 0.25) is 5.02 Å². The number of anilines is 1. The highest BCUT2D eigenvalue weighted by Crippen LogP contribution is 2.27. The minimum absolute atomic E-state index is 0.0292. The summed E-state index contributed by atoms with van der Waals surface area (Å²) < 4.78 is 12.1. The molecule has 0 saturated heterocycles. The molecule has 2 N–H and O–H groups in total. The minimum Gasteiger partial charge on any atom is -0.461 e. The standard InChI is InChI=1S/C14H9ClN6O2/c15-8-4-1-2-5-9(8)23-14-18-12(16)21-13(19-14)17-11(20-21)10-6-3-7-22-10/h1-7H,(H2,16,17,18,19,20). The Morgan fingerprint density at radius 2 is 1.96 bits per heavy atom. The molecule has 0 spiro atoms. The second-order valence-electron chi connectivity index (χ2n) is 4.52. The fraction of sp³-hybridized carbons (Fsp3) is 0. The molecule has 4 rings (SSSR count). The van der Waals surface area contributed by atoms with Crippen LogP contribution in [-0.2, 0) is 0 Å². The Balaban J connectivity index is 1.76. The van der Waals surface area contributed by atoms with Crippen molar-refractivity contribution in [2.24, 2.45) is 0 Å². The largest absolute Gasteiger partial charge is 0.461 e. The Kier molecular flexibility index (Phi) is 3.09. The predicted octanol–water partition coefficient (Wildman–Crippen LogP) is 2.81. The Bertz CT molecular complexity index is 982. The first-order chi connectivity index (χ1) is 11.2. The van der Waals surface area contributed by atoms with Gasteiger partial charge in [-0.25, -0.2) is 0 Å². The average Bonchev–Trinajstić information content (AvgIpc) is 3.18. The molecule has 0 aliphatic carbocycles. The third kappa shape index (κ3) is 2.44. The first-order valence-corrected chi connectivity index (χ1v) is 6.95. The van der Waals surface area contributed by atoms with Crippen LogP contribution in [0.1, 0.15) is 0 Å². The van der Waals surface area contributed by atoms with E-state index in [2.05, 4.69) is 20.1 Å². The topological polar surface area (TPSA) is 104 Å². The SMILES string of the molecule is Nc1nc(Oc2ccccc2Cl)nc2nc(-c3ccco3)nn12. The summed E-state index contributed by atoms with van der Waals surface area (Å²) in [6.45, 7) is 0. The molecule has 1 aromatic carbocycles. The first kappa shape index (κ1) is 13.5. The molecule has 0 bridgehead atoms. The van der Waals surface area contributed by atoms with Crippen molar-refractivity contribution < 1.29 is 9.15 Å². The van der Waals surface area contributed by atoms with Gasteiger partial charge in [0, 0.05) is 0 Å². The van der Waals surface area contributed by atoms with Crippen LogP contribution in [0.25, 0.3) is 17.4 Å². The molecular weight excluding hydrogens is 320 g/mol. The molecule has 0 unspecified atom stereocenters. The Morgan fingerprint density at radius 3 is 2.74 bits per heavy atom. The molecule has 0 atom stereocenters. The predicted molar refractivity (Wildman–Crippen MR) is 82.2 cm³/mol. The molecule has 3 heterocycles. The molecular formula is C14H9ClN6O2. The summed E-state index contributed by atoms with van der Waals surface area (Å²) in [6.07, 6.45) is 1.53. The Morgan fingerprint density at radius 1 is 1.09 bits per heavy atom. The van der Waals surface area contributed by atoms with Crippen molar-refractivity contribution >= 4 is 23.3 Å². The second-order valence-corrected chi connectivity index (χ2v) is 4.93. The van der Waals surface area contributed by atoms with Crippen LogP contribution in [0.5, 0.6) is 11.8 Å². The summed E-state index contributed by atoms with van der Waals surface area (Å²) >= 11 is 6.05. The van der Waals surface area contributed by atoms with Gasteiger partial charge < -0.3 is 14.9 Å². The average molecular weight is 329 g/mol. The highest BCUT2D eigenvalue weighted by atomic mass is 35.5. The molecule has 0 fully saturated rings. The van der Waals surface area contributed by atoms with Crippen molar-refractivity contribution in [1.82, 2.24) is 24.6 Å². The van der Waals surface area contributed by atoms with E-state index in [4.69, 9.17) is 26.5 Å². The van der Waals surface area contributed by atoms with Gasteiger partial charge in [-0.15, -0.1) is 5.10 Å². The van der Waals surface area contributed by atoms with Crippen molar-refractivity contribution in [3.05, 3.63) is 47.7 Å². The zero-order chi connectivity index (χ0) is 15.8. The van der Waals surface area contributed by atoms with Gasteiger partial charge in [-0.1, -0.05) is 23.7 Å². The monoisotopic (exact) mass is 328 g/mol. The van der Waals surface area contributed by atoms with E-state index in [1.807, 2.05) is 0 Å². The van der Waals surface area contributed by atoms with E-state index in [0.29, 0.717) is 22.4 Å². The minimum atomic E-state index is 0.0292. The van der Waals surface area contributed by atoms with Crippen LogP contribution >= 0.6 is 11.6 Å². The maximum Gasteiger partial charge on any atom is 0.328 e. The second kappa shape index (κ2) is 5.25. The molecule has 3 aromatic heterocycles. The van der Waals surface area contributed by atoms with Gasteiger partial charge in [0.15, 0.2) is 5.76 Å². The molecule has 23 heavy (non-hydrogen) atoms. The van der Waals surface area contributed by atoms with Gasteiger partial charge in [-0.05, 0) is 24.3 Å². The lowest BCUT2D eigenvalue weighted by atomic mass is 10.3. The van der Waals surface area contributed by atoms with E-state index >= 15 is 0 Å². The van der Waals surface area contributed by atoms with Crippen molar-refractivity contribution in [2.45, 2.75) is 0 Å². The first-order valence-electron chi connectivity index (χ1n) is 6.57. The van der Waals surface area contributed by atoms with Crippen molar-refractivity contribution in [2.75, 3.05) is 5.73 Å². The summed E-state index contributed by atoms with van der Waals surface area (Å²) in [5, 5.41) is 4.64. The molecule has 0 aliphatic heterocycles. The number of nitrogens with two attached hydrogens (primary N) is 1. The van der Waals surface area contributed by atoms with Gasteiger partial charge in [-0.3, -0.25) is 0 Å². The molecule has 114 valence electrons. The number of hydrogen-bond acceptors (Lipinski definition) is 7. The Labute approximate surface area is 134 Å². The van der Waals surface area contributed by atoms with Crippen LogP contribution in [0, 0.1) is 0 Å². The zero-order valence-electron chi connectivity index (χ0n) is 11.5. The number of aromatic nitrogens is 5. The van der Waals surface area contributed by atoms with E-state index in [1.54, 1.807) is 36.4 Å². The molecule has 0 radical (unpaired) electrons.